The number of hydrogen-bond acceptors (Lipinski definition) is 8. The highest BCUT2D eigenvalue weighted by Crippen LogP contribution is 2.56. The quantitative estimate of drug-likeness (QED) is 0.580. The van der Waals surface area contributed by atoms with Crippen molar-refractivity contribution in [3.63, 3.8) is 0 Å². The fraction of sp³-hybridized carbons (Fsp3) is 0.593. The van der Waals surface area contributed by atoms with Crippen molar-refractivity contribution in [1.29, 1.82) is 5.26 Å². The number of hydrogen-bond donors (Lipinski definition) is 0. The fourth-order valence-corrected chi connectivity index (χ4v) is 6.50. The second-order valence-corrected chi connectivity index (χ2v) is 11.3. The van der Waals surface area contributed by atoms with Crippen LogP contribution in [-0.4, -0.2) is 76.4 Å². The van der Waals surface area contributed by atoms with Gasteiger partial charge in [-0.3, -0.25) is 4.79 Å². The number of anilines is 3. The van der Waals surface area contributed by atoms with E-state index in [4.69, 9.17) is 9.72 Å². The molecule has 9 nitrogen and oxygen atoms in total. The van der Waals surface area contributed by atoms with Gasteiger partial charge in [-0.05, 0) is 45.2 Å². The predicted octanol–water partition coefficient (Wildman–Crippen LogP) is 3.71. The lowest BCUT2D eigenvalue weighted by Crippen LogP contribution is -2.60. The van der Waals surface area contributed by atoms with Crippen molar-refractivity contribution in [1.82, 2.24) is 19.9 Å². The molecule has 12 heteroatoms. The summed E-state index contributed by atoms with van der Waals surface area (Å²) in [5, 5.41) is 9.39. The van der Waals surface area contributed by atoms with Crippen LogP contribution < -0.4 is 9.80 Å². The van der Waals surface area contributed by atoms with E-state index < -0.39 is 24.8 Å². The van der Waals surface area contributed by atoms with E-state index in [2.05, 4.69) is 25.8 Å². The number of aromatic nitrogens is 3. The zero-order valence-electron chi connectivity index (χ0n) is 21.9. The number of pyridine rings is 1. The van der Waals surface area contributed by atoms with Crippen molar-refractivity contribution in [2.75, 3.05) is 36.0 Å². The van der Waals surface area contributed by atoms with Gasteiger partial charge in [-0.15, -0.1) is 0 Å². The summed E-state index contributed by atoms with van der Waals surface area (Å²) in [6, 6.07) is 5.27. The van der Waals surface area contributed by atoms with Crippen LogP contribution in [0.2, 0.25) is 0 Å². The number of carbonyl (C=O) groups excluding carboxylic acids is 1. The molecule has 3 fully saturated rings. The monoisotopic (exact) mass is 541 g/mol. The molecular formula is C27H30F3N7O2. The lowest BCUT2D eigenvalue weighted by atomic mass is 9.66. The lowest BCUT2D eigenvalue weighted by molar-refractivity contribution is -0.173. The molecule has 206 valence electrons. The Morgan fingerprint density at radius 1 is 1.15 bits per heavy atom. The summed E-state index contributed by atoms with van der Waals surface area (Å²) < 4.78 is 44.8. The van der Waals surface area contributed by atoms with Crippen molar-refractivity contribution < 1.29 is 22.7 Å². The number of fused-ring (bicyclic) bond motifs is 2. The Morgan fingerprint density at radius 2 is 1.92 bits per heavy atom. The Bertz CT molecular complexity index is 1330. The number of halogens is 3. The van der Waals surface area contributed by atoms with E-state index in [1.54, 1.807) is 29.6 Å². The number of carbonyl (C=O) groups is 1. The van der Waals surface area contributed by atoms with Gasteiger partial charge in [0.1, 0.15) is 29.9 Å². The number of ether oxygens (including phenoxy) is 1. The average molecular weight is 542 g/mol. The number of nitriles is 1. The van der Waals surface area contributed by atoms with Gasteiger partial charge in [0.15, 0.2) is 0 Å². The highest BCUT2D eigenvalue weighted by atomic mass is 19.4. The fourth-order valence-electron chi connectivity index (χ4n) is 6.50. The molecular weight excluding hydrogens is 511 g/mol. The molecule has 1 amide bonds. The van der Waals surface area contributed by atoms with Crippen molar-refractivity contribution in [3.8, 4) is 6.07 Å². The molecule has 0 bridgehead atoms. The Morgan fingerprint density at radius 3 is 2.59 bits per heavy atom. The van der Waals surface area contributed by atoms with Crippen molar-refractivity contribution in [2.24, 2.45) is 5.92 Å². The van der Waals surface area contributed by atoms with E-state index in [0.29, 0.717) is 31.0 Å². The third kappa shape index (κ3) is 4.27. The van der Waals surface area contributed by atoms with Crippen LogP contribution in [0.3, 0.4) is 0 Å². The first kappa shape index (κ1) is 25.8. The van der Waals surface area contributed by atoms with E-state index in [1.165, 1.54) is 0 Å². The van der Waals surface area contributed by atoms with Gasteiger partial charge in [-0.2, -0.15) is 18.4 Å². The molecule has 1 aliphatic carbocycles. The molecule has 0 N–H and O–H groups in total. The SMILES string of the molecule is C[C@@H]1CN(c2ncnc3c2C2(CCC2)CN3c2cc(C#N)ccn2)[C@@H](C)CN1C(=O)[C@H]1C[C@@H](C(F)(F)F)CO1. The molecule has 0 unspecified atom stereocenters. The van der Waals surface area contributed by atoms with Gasteiger partial charge in [0.2, 0.25) is 0 Å². The number of alkyl halides is 3. The molecule has 39 heavy (non-hydrogen) atoms. The molecule has 0 radical (unpaired) electrons. The van der Waals surface area contributed by atoms with Gasteiger partial charge in [-0.25, -0.2) is 15.0 Å². The average Bonchev–Trinajstić information content (AvgIpc) is 3.53. The molecule has 4 aliphatic rings. The van der Waals surface area contributed by atoms with Gasteiger partial charge >= 0.3 is 6.18 Å². The molecule has 1 saturated carbocycles. The summed E-state index contributed by atoms with van der Waals surface area (Å²) in [6.45, 7) is 5.00. The summed E-state index contributed by atoms with van der Waals surface area (Å²) in [7, 11) is 0. The van der Waals surface area contributed by atoms with E-state index in [1.807, 2.05) is 13.8 Å². The van der Waals surface area contributed by atoms with Gasteiger partial charge in [0, 0.05) is 48.9 Å². The van der Waals surface area contributed by atoms with Crippen LogP contribution in [0.1, 0.15) is 50.7 Å². The zero-order chi connectivity index (χ0) is 27.5. The highest BCUT2D eigenvalue weighted by molar-refractivity contribution is 5.82. The first-order chi connectivity index (χ1) is 18.6. The molecule has 5 heterocycles. The van der Waals surface area contributed by atoms with Gasteiger partial charge in [0.05, 0.1) is 24.2 Å². The van der Waals surface area contributed by atoms with Crippen LogP contribution in [0.25, 0.3) is 0 Å². The number of piperazine rings is 1. The number of nitrogens with zero attached hydrogens (tertiary/aromatic N) is 7. The third-order valence-electron chi connectivity index (χ3n) is 8.79. The first-order valence-electron chi connectivity index (χ1n) is 13.4. The second-order valence-electron chi connectivity index (χ2n) is 11.3. The van der Waals surface area contributed by atoms with E-state index in [-0.39, 0.29) is 29.8 Å². The largest absolute Gasteiger partial charge is 0.394 e. The molecule has 2 aromatic rings. The summed E-state index contributed by atoms with van der Waals surface area (Å²) in [5.41, 5.74) is 1.49. The minimum Gasteiger partial charge on any atom is -0.368 e. The summed E-state index contributed by atoms with van der Waals surface area (Å²) in [5.74, 6) is 0.319. The molecule has 6 rings (SSSR count). The Balaban J connectivity index is 1.27. The zero-order valence-corrected chi connectivity index (χ0v) is 21.9. The maximum atomic E-state index is 13.2. The van der Waals surface area contributed by atoms with Crippen LogP contribution in [0, 0.1) is 17.2 Å². The summed E-state index contributed by atoms with van der Waals surface area (Å²) >= 11 is 0. The summed E-state index contributed by atoms with van der Waals surface area (Å²) in [6.07, 6.45) is 0.510. The second kappa shape index (κ2) is 9.33. The minimum atomic E-state index is -4.36. The van der Waals surface area contributed by atoms with E-state index in [0.717, 1.165) is 36.5 Å². The van der Waals surface area contributed by atoms with E-state index in [9.17, 15) is 23.2 Å². The minimum absolute atomic E-state index is 0.115. The number of amides is 1. The molecule has 3 aliphatic heterocycles. The van der Waals surface area contributed by atoms with Crippen LogP contribution in [0.15, 0.2) is 24.7 Å². The summed E-state index contributed by atoms with van der Waals surface area (Å²) in [4.78, 5) is 33.1. The van der Waals surface area contributed by atoms with E-state index >= 15 is 0 Å². The standard InChI is InChI=1S/C27H30F3N7O2/c1-16-12-36(25(38)20-9-19(13-39-20)27(28,29)30)17(2)11-35(16)23-22-24(34-15-33-23)37(14-26(22)5-3-6-26)21-8-18(10-31)4-7-32-21/h4,7-8,15-17,19-20H,3,5-6,9,11-14H2,1-2H3/t16-,17+,19+,20+/m0/s1. The Kier molecular flexibility index (Phi) is 6.17. The van der Waals surface area contributed by atoms with Gasteiger partial charge in [-0.1, -0.05) is 6.42 Å². The smallest absolute Gasteiger partial charge is 0.368 e. The number of rotatable bonds is 3. The lowest BCUT2D eigenvalue weighted by Gasteiger charge is -2.47. The highest BCUT2D eigenvalue weighted by Gasteiger charge is 2.52. The Labute approximate surface area is 224 Å². The maximum Gasteiger partial charge on any atom is 0.394 e. The third-order valence-corrected chi connectivity index (χ3v) is 8.79. The molecule has 1 spiro atoms. The Hall–Kier alpha value is -3.46. The van der Waals surface area contributed by atoms with Gasteiger partial charge < -0.3 is 19.4 Å². The molecule has 4 atom stereocenters. The van der Waals surface area contributed by atoms with Crippen LogP contribution in [-0.2, 0) is 14.9 Å². The normalized spacial score (nSPS) is 27.8. The maximum absolute atomic E-state index is 13.2. The van der Waals surface area contributed by atoms with Crippen molar-refractivity contribution in [3.05, 3.63) is 35.8 Å². The predicted molar refractivity (Wildman–Crippen MR) is 135 cm³/mol. The molecule has 2 aromatic heterocycles. The van der Waals surface area contributed by atoms with Crippen molar-refractivity contribution in [2.45, 2.75) is 69.3 Å². The first-order valence-corrected chi connectivity index (χ1v) is 13.4. The molecule has 2 saturated heterocycles. The molecule has 0 aromatic carbocycles. The van der Waals surface area contributed by atoms with Crippen LogP contribution in [0.4, 0.5) is 30.6 Å². The van der Waals surface area contributed by atoms with Gasteiger partial charge in [0.25, 0.3) is 5.91 Å². The van der Waals surface area contributed by atoms with Crippen LogP contribution >= 0.6 is 0 Å². The topological polar surface area (TPSA) is 98.5 Å². The van der Waals surface area contributed by atoms with Crippen LogP contribution in [0.5, 0.6) is 0 Å². The van der Waals surface area contributed by atoms with Crippen molar-refractivity contribution >= 4 is 23.4 Å².